The Morgan fingerprint density at radius 1 is 1.35 bits per heavy atom. The van der Waals surface area contributed by atoms with Crippen molar-refractivity contribution in [2.45, 2.75) is 51.4 Å². The van der Waals surface area contributed by atoms with Crippen LogP contribution in [0.1, 0.15) is 39.7 Å². The Hall–Kier alpha value is -2.24. The van der Waals surface area contributed by atoms with Crippen LogP contribution >= 0.6 is 0 Å². The molecule has 138 valence electrons. The van der Waals surface area contributed by atoms with Crippen molar-refractivity contribution in [2.75, 3.05) is 13.1 Å². The molecule has 1 N–H and O–H groups in total. The molecule has 7 nitrogen and oxygen atoms in total. The fourth-order valence-corrected chi connectivity index (χ4v) is 3.04. The first-order valence-corrected chi connectivity index (χ1v) is 8.67. The molecule has 2 fully saturated rings. The van der Waals surface area contributed by atoms with Gasteiger partial charge in [0.1, 0.15) is 17.9 Å². The first-order chi connectivity index (χ1) is 12.1. The van der Waals surface area contributed by atoms with Crippen LogP contribution in [0.3, 0.4) is 0 Å². The molecule has 26 heavy (non-hydrogen) atoms. The van der Waals surface area contributed by atoms with Crippen LogP contribution in [0.4, 0.5) is 4.79 Å². The summed E-state index contributed by atoms with van der Waals surface area (Å²) in [6.45, 7) is 8.65. The lowest BCUT2D eigenvalue weighted by molar-refractivity contribution is 0.00578. The van der Waals surface area contributed by atoms with Crippen molar-refractivity contribution in [1.82, 2.24) is 4.90 Å². The molecule has 1 aromatic carbocycles. The van der Waals surface area contributed by atoms with E-state index in [1.165, 1.54) is 4.90 Å². The van der Waals surface area contributed by atoms with Gasteiger partial charge in [0.05, 0.1) is 23.3 Å². The predicted octanol–water partition coefficient (Wildman–Crippen LogP) is 1.99. The molecule has 2 heterocycles. The van der Waals surface area contributed by atoms with Crippen molar-refractivity contribution in [3.8, 4) is 11.8 Å². The van der Waals surface area contributed by atoms with Gasteiger partial charge in [0.15, 0.2) is 0 Å². The van der Waals surface area contributed by atoms with Gasteiger partial charge in [-0.25, -0.2) is 4.79 Å². The summed E-state index contributed by atoms with van der Waals surface area (Å²) in [6, 6.07) is 7.40. The quantitative estimate of drug-likeness (QED) is 0.831. The molecule has 0 aromatic heterocycles. The smallest absolute Gasteiger partial charge is 0.487 e. The van der Waals surface area contributed by atoms with E-state index in [4.69, 9.17) is 19.2 Å². The minimum absolute atomic E-state index is 0.249. The average Bonchev–Trinajstić information content (AvgIpc) is 3.10. The first-order valence-electron chi connectivity index (χ1n) is 8.67. The number of nitriles is 1. The SMILES string of the molecule is CC1(C)OB(c2ccc(OC3CCN(C(=O)O)C3)c(C#N)c2)OC1(C)C. The van der Waals surface area contributed by atoms with E-state index in [2.05, 4.69) is 6.07 Å². The highest BCUT2D eigenvalue weighted by molar-refractivity contribution is 6.62. The molecule has 8 heteroatoms. The highest BCUT2D eigenvalue weighted by atomic mass is 16.7. The van der Waals surface area contributed by atoms with Gasteiger partial charge in [-0.3, -0.25) is 0 Å². The molecule has 2 aliphatic heterocycles. The molecule has 0 radical (unpaired) electrons. The standard InChI is InChI=1S/C18H23BN2O5/c1-17(2)18(3,4)26-19(25-17)13-5-6-15(12(9-13)10-20)24-14-7-8-21(11-14)16(22)23/h5-6,9,14H,7-8,11H2,1-4H3,(H,22,23). The van der Waals surface area contributed by atoms with Gasteiger partial charge in [-0.05, 0) is 45.3 Å². The van der Waals surface area contributed by atoms with E-state index in [0.717, 1.165) is 5.46 Å². The number of nitrogens with zero attached hydrogens (tertiary/aromatic N) is 2. The predicted molar refractivity (Wildman–Crippen MR) is 95.5 cm³/mol. The van der Waals surface area contributed by atoms with E-state index < -0.39 is 24.4 Å². The summed E-state index contributed by atoms with van der Waals surface area (Å²) in [5.41, 5.74) is 0.227. The molecule has 0 saturated carbocycles. The van der Waals surface area contributed by atoms with Crippen LogP contribution in [0.2, 0.25) is 0 Å². The van der Waals surface area contributed by atoms with Gasteiger partial charge in [-0.2, -0.15) is 5.26 Å². The van der Waals surface area contributed by atoms with Gasteiger partial charge in [0.2, 0.25) is 0 Å². The van der Waals surface area contributed by atoms with Crippen LogP contribution in [-0.2, 0) is 9.31 Å². The lowest BCUT2D eigenvalue weighted by Crippen LogP contribution is -2.41. The Bertz CT molecular complexity index is 742. The maximum atomic E-state index is 11.0. The summed E-state index contributed by atoms with van der Waals surface area (Å²) < 4.78 is 17.9. The third-order valence-electron chi connectivity index (χ3n) is 5.36. The number of hydrogen-bond acceptors (Lipinski definition) is 5. The Kier molecular flexibility index (Phi) is 4.63. The highest BCUT2D eigenvalue weighted by Gasteiger charge is 2.51. The molecule has 0 spiro atoms. The minimum Gasteiger partial charge on any atom is -0.487 e. The first kappa shape index (κ1) is 18.6. The second-order valence-electron chi connectivity index (χ2n) is 7.71. The third kappa shape index (κ3) is 3.37. The van der Waals surface area contributed by atoms with E-state index in [0.29, 0.717) is 30.8 Å². The Balaban J connectivity index is 1.75. The maximum Gasteiger partial charge on any atom is 0.494 e. The molecular weight excluding hydrogens is 335 g/mol. The lowest BCUT2D eigenvalue weighted by Gasteiger charge is -2.32. The van der Waals surface area contributed by atoms with Crippen LogP contribution < -0.4 is 10.2 Å². The molecule has 3 rings (SSSR count). The Labute approximate surface area is 153 Å². The van der Waals surface area contributed by atoms with Crippen LogP contribution in [-0.4, -0.2) is 53.6 Å². The largest absolute Gasteiger partial charge is 0.494 e. The zero-order chi connectivity index (χ0) is 19.1. The number of benzene rings is 1. The number of likely N-dealkylation sites (tertiary alicyclic amines) is 1. The van der Waals surface area contributed by atoms with Crippen molar-refractivity contribution in [3.63, 3.8) is 0 Å². The van der Waals surface area contributed by atoms with Gasteiger partial charge >= 0.3 is 13.2 Å². The van der Waals surface area contributed by atoms with Gasteiger partial charge < -0.3 is 24.1 Å². The minimum atomic E-state index is -0.951. The fourth-order valence-electron chi connectivity index (χ4n) is 3.04. The van der Waals surface area contributed by atoms with Gasteiger partial charge in [0.25, 0.3) is 0 Å². The normalized spacial score (nSPS) is 23.7. The van der Waals surface area contributed by atoms with Crippen molar-refractivity contribution < 1.29 is 23.9 Å². The monoisotopic (exact) mass is 358 g/mol. The molecule has 0 bridgehead atoms. The second kappa shape index (κ2) is 6.49. The van der Waals surface area contributed by atoms with Crippen molar-refractivity contribution in [3.05, 3.63) is 23.8 Å². The summed E-state index contributed by atoms with van der Waals surface area (Å²) in [4.78, 5) is 12.3. The Morgan fingerprint density at radius 2 is 2.00 bits per heavy atom. The van der Waals surface area contributed by atoms with Gasteiger partial charge in [-0.1, -0.05) is 6.07 Å². The molecule has 1 aromatic rings. The van der Waals surface area contributed by atoms with E-state index in [1.54, 1.807) is 12.1 Å². The maximum absolute atomic E-state index is 11.0. The van der Waals surface area contributed by atoms with Crippen LogP contribution in [0, 0.1) is 11.3 Å². The summed E-state index contributed by atoms with van der Waals surface area (Å²) in [7, 11) is -0.546. The van der Waals surface area contributed by atoms with E-state index in [9.17, 15) is 10.1 Å². The number of amides is 1. The van der Waals surface area contributed by atoms with E-state index in [-0.39, 0.29) is 6.10 Å². The topological polar surface area (TPSA) is 92.0 Å². The molecular formula is C18H23BN2O5. The molecule has 2 aliphatic rings. The zero-order valence-electron chi connectivity index (χ0n) is 15.5. The van der Waals surface area contributed by atoms with Crippen molar-refractivity contribution in [2.24, 2.45) is 0 Å². The van der Waals surface area contributed by atoms with Gasteiger partial charge in [-0.15, -0.1) is 0 Å². The number of ether oxygens (including phenoxy) is 1. The van der Waals surface area contributed by atoms with E-state index >= 15 is 0 Å². The molecule has 1 atom stereocenters. The van der Waals surface area contributed by atoms with Crippen molar-refractivity contribution >= 4 is 18.7 Å². The third-order valence-corrected chi connectivity index (χ3v) is 5.36. The molecule has 1 unspecified atom stereocenters. The number of rotatable bonds is 3. The van der Waals surface area contributed by atoms with Crippen molar-refractivity contribution in [1.29, 1.82) is 5.26 Å². The van der Waals surface area contributed by atoms with Crippen LogP contribution in [0.5, 0.6) is 5.75 Å². The molecule has 2 saturated heterocycles. The molecule has 0 aliphatic carbocycles. The number of carboxylic acid groups (broad SMARTS) is 1. The van der Waals surface area contributed by atoms with E-state index in [1.807, 2.05) is 33.8 Å². The summed E-state index contributed by atoms with van der Waals surface area (Å²) in [5.74, 6) is 0.449. The van der Waals surface area contributed by atoms with Crippen LogP contribution in [0.25, 0.3) is 0 Å². The number of carbonyl (C=O) groups is 1. The summed E-state index contributed by atoms with van der Waals surface area (Å²) in [6.07, 6.45) is -0.593. The number of hydrogen-bond donors (Lipinski definition) is 1. The second-order valence-corrected chi connectivity index (χ2v) is 7.71. The zero-order valence-corrected chi connectivity index (χ0v) is 15.5. The van der Waals surface area contributed by atoms with Gasteiger partial charge in [0, 0.05) is 13.0 Å². The fraction of sp³-hybridized carbons (Fsp3) is 0.556. The Morgan fingerprint density at radius 3 is 2.54 bits per heavy atom. The average molecular weight is 358 g/mol. The lowest BCUT2D eigenvalue weighted by atomic mass is 9.78. The summed E-state index contributed by atoms with van der Waals surface area (Å²) in [5, 5.41) is 18.5. The van der Waals surface area contributed by atoms with Crippen LogP contribution in [0.15, 0.2) is 18.2 Å². The summed E-state index contributed by atoms with van der Waals surface area (Å²) >= 11 is 0. The highest BCUT2D eigenvalue weighted by Crippen LogP contribution is 2.36. The molecule has 1 amide bonds.